The topological polar surface area (TPSA) is 29.5 Å². The van der Waals surface area contributed by atoms with Gasteiger partial charge in [-0.25, -0.2) is 0 Å². The molecule has 0 amide bonds. The van der Waals surface area contributed by atoms with E-state index in [1.165, 1.54) is 24.1 Å². The summed E-state index contributed by atoms with van der Waals surface area (Å²) < 4.78 is 5.35. The van der Waals surface area contributed by atoms with Crippen molar-refractivity contribution in [1.82, 2.24) is 0 Å². The molecule has 0 N–H and O–H groups in total. The van der Waals surface area contributed by atoms with Crippen LogP contribution in [-0.4, -0.2) is 26.3 Å². The van der Waals surface area contributed by atoms with E-state index in [1.54, 1.807) is 23.5 Å². The predicted molar refractivity (Wildman–Crippen MR) is 76.9 cm³/mol. The Hall–Kier alpha value is -0.870. The zero-order chi connectivity index (χ0) is 12.8. The first kappa shape index (κ1) is 13.6. The Kier molecular flexibility index (Phi) is 5.20. The van der Waals surface area contributed by atoms with Gasteiger partial charge >= 0.3 is 0 Å². The number of anilines is 1. The summed E-state index contributed by atoms with van der Waals surface area (Å²) >= 11 is 1.76. The Morgan fingerprint density at radius 3 is 2.78 bits per heavy atom. The summed E-state index contributed by atoms with van der Waals surface area (Å²) in [5.74, 6) is 0. The minimum atomic E-state index is 0.141. The van der Waals surface area contributed by atoms with Gasteiger partial charge in [-0.3, -0.25) is 4.79 Å². The van der Waals surface area contributed by atoms with Crippen LogP contribution in [0.1, 0.15) is 31.1 Å². The van der Waals surface area contributed by atoms with Gasteiger partial charge in [-0.2, -0.15) is 0 Å². The van der Waals surface area contributed by atoms with Crippen molar-refractivity contribution in [3.63, 3.8) is 0 Å². The van der Waals surface area contributed by atoms with Crippen molar-refractivity contribution in [3.05, 3.63) is 27.2 Å². The van der Waals surface area contributed by atoms with Crippen molar-refractivity contribution in [1.29, 1.82) is 0 Å². The first-order valence-electron chi connectivity index (χ1n) is 6.76. The van der Waals surface area contributed by atoms with Crippen LogP contribution in [0.5, 0.6) is 0 Å². The second-order valence-corrected chi connectivity index (χ2v) is 5.80. The zero-order valence-electron chi connectivity index (χ0n) is 11.0. The summed E-state index contributed by atoms with van der Waals surface area (Å²) in [5, 5.41) is 1.11. The molecule has 1 aromatic rings. The fourth-order valence-corrected chi connectivity index (χ4v) is 3.30. The lowest BCUT2D eigenvalue weighted by Crippen LogP contribution is -2.36. The lowest BCUT2D eigenvalue weighted by Gasteiger charge is -2.28. The molecule has 3 nitrogen and oxygen atoms in total. The molecule has 1 aliphatic rings. The number of ether oxygens (including phenoxy) is 1. The molecule has 100 valence electrons. The monoisotopic (exact) mass is 267 g/mol. The van der Waals surface area contributed by atoms with Crippen LogP contribution in [0, 0.1) is 0 Å². The van der Waals surface area contributed by atoms with Crippen LogP contribution in [-0.2, 0) is 11.2 Å². The lowest BCUT2D eigenvalue weighted by molar-refractivity contribution is 0.123. The van der Waals surface area contributed by atoms with Crippen LogP contribution < -0.4 is 10.3 Å². The van der Waals surface area contributed by atoms with Gasteiger partial charge in [-0.1, -0.05) is 19.8 Å². The molecule has 0 saturated carbocycles. The number of hydrogen-bond donors (Lipinski definition) is 0. The van der Waals surface area contributed by atoms with E-state index in [0.717, 1.165) is 37.7 Å². The van der Waals surface area contributed by atoms with Gasteiger partial charge in [0.05, 0.1) is 18.2 Å². The highest BCUT2D eigenvalue weighted by Crippen LogP contribution is 2.23. The van der Waals surface area contributed by atoms with E-state index in [2.05, 4.69) is 11.8 Å². The van der Waals surface area contributed by atoms with Gasteiger partial charge in [-0.15, -0.1) is 11.3 Å². The van der Waals surface area contributed by atoms with Crippen LogP contribution >= 0.6 is 11.3 Å². The van der Waals surface area contributed by atoms with E-state index in [4.69, 9.17) is 4.74 Å². The first-order chi connectivity index (χ1) is 8.79. The van der Waals surface area contributed by atoms with Gasteiger partial charge in [0.15, 0.2) is 5.43 Å². The molecule has 0 unspecified atom stereocenters. The first-order valence-corrected chi connectivity index (χ1v) is 7.58. The molecule has 2 heterocycles. The standard InChI is InChI=1S/C14H21NO2S/c1-2-3-4-5-13-10-12(16)11-14(18-13)15-6-8-17-9-7-15/h10-11H,2-9H2,1H3. The molecular formula is C14H21NO2S. The third kappa shape index (κ3) is 3.82. The molecule has 0 aliphatic carbocycles. The Morgan fingerprint density at radius 1 is 1.28 bits per heavy atom. The van der Waals surface area contributed by atoms with Gasteiger partial charge < -0.3 is 9.64 Å². The largest absolute Gasteiger partial charge is 0.378 e. The van der Waals surface area contributed by atoms with Crippen LogP contribution in [0.2, 0.25) is 0 Å². The van der Waals surface area contributed by atoms with Crippen molar-refractivity contribution in [2.75, 3.05) is 31.2 Å². The van der Waals surface area contributed by atoms with Crippen molar-refractivity contribution < 1.29 is 4.74 Å². The summed E-state index contributed by atoms with van der Waals surface area (Å²) in [6.45, 7) is 5.53. The molecule has 4 heteroatoms. The van der Waals surface area contributed by atoms with Crippen molar-refractivity contribution in [2.45, 2.75) is 32.6 Å². The molecule has 0 radical (unpaired) electrons. The van der Waals surface area contributed by atoms with E-state index in [0.29, 0.717) is 0 Å². The van der Waals surface area contributed by atoms with Crippen molar-refractivity contribution in [3.8, 4) is 0 Å². The smallest absolute Gasteiger partial charge is 0.182 e. The summed E-state index contributed by atoms with van der Waals surface area (Å²) in [6, 6.07) is 3.56. The molecule has 1 fully saturated rings. The molecule has 1 saturated heterocycles. The van der Waals surface area contributed by atoms with E-state index in [-0.39, 0.29) is 5.43 Å². The van der Waals surface area contributed by atoms with E-state index >= 15 is 0 Å². The summed E-state index contributed by atoms with van der Waals surface area (Å²) in [5.41, 5.74) is 0.141. The molecule has 0 bridgehead atoms. The maximum atomic E-state index is 11.7. The third-order valence-corrected chi connectivity index (χ3v) is 4.32. The Bertz CT molecular complexity index is 424. The van der Waals surface area contributed by atoms with Crippen LogP contribution in [0.15, 0.2) is 16.9 Å². The maximum absolute atomic E-state index is 11.7. The number of hydrogen-bond acceptors (Lipinski definition) is 4. The van der Waals surface area contributed by atoms with E-state index < -0.39 is 0 Å². The Morgan fingerprint density at radius 2 is 2.06 bits per heavy atom. The number of nitrogens with zero attached hydrogens (tertiary/aromatic N) is 1. The quantitative estimate of drug-likeness (QED) is 0.768. The number of aryl methyl sites for hydroxylation is 1. The highest BCUT2D eigenvalue weighted by Gasteiger charge is 2.13. The van der Waals surface area contributed by atoms with E-state index in [9.17, 15) is 4.79 Å². The molecule has 1 aliphatic heterocycles. The summed E-state index contributed by atoms with van der Waals surface area (Å²) in [4.78, 5) is 15.2. The second kappa shape index (κ2) is 6.90. The summed E-state index contributed by atoms with van der Waals surface area (Å²) in [6.07, 6.45) is 4.67. The van der Waals surface area contributed by atoms with Gasteiger partial charge in [0.1, 0.15) is 0 Å². The van der Waals surface area contributed by atoms with Crippen LogP contribution in [0.25, 0.3) is 0 Å². The fourth-order valence-electron chi connectivity index (χ4n) is 2.13. The van der Waals surface area contributed by atoms with Gasteiger partial charge in [0, 0.05) is 24.0 Å². The maximum Gasteiger partial charge on any atom is 0.182 e. The zero-order valence-corrected chi connectivity index (χ0v) is 11.8. The van der Waals surface area contributed by atoms with Crippen LogP contribution in [0.4, 0.5) is 5.00 Å². The number of rotatable bonds is 5. The molecule has 1 aromatic heterocycles. The average Bonchev–Trinajstić information content (AvgIpc) is 2.39. The Labute approximate surface area is 112 Å². The lowest BCUT2D eigenvalue weighted by atomic mass is 10.2. The molecule has 2 rings (SSSR count). The average molecular weight is 267 g/mol. The molecule has 0 atom stereocenters. The minimum absolute atomic E-state index is 0.141. The van der Waals surface area contributed by atoms with Gasteiger partial charge in [0.2, 0.25) is 0 Å². The highest BCUT2D eigenvalue weighted by molar-refractivity contribution is 7.15. The molecule has 18 heavy (non-hydrogen) atoms. The highest BCUT2D eigenvalue weighted by atomic mass is 32.1. The van der Waals surface area contributed by atoms with Crippen molar-refractivity contribution in [2.24, 2.45) is 0 Å². The normalized spacial score (nSPS) is 15.9. The predicted octanol–water partition coefficient (Wildman–Crippen LogP) is 2.68. The molecule has 0 aromatic carbocycles. The van der Waals surface area contributed by atoms with Gasteiger partial charge in [0.25, 0.3) is 0 Å². The minimum Gasteiger partial charge on any atom is -0.378 e. The van der Waals surface area contributed by atoms with Crippen molar-refractivity contribution >= 4 is 16.3 Å². The fraction of sp³-hybridized carbons (Fsp3) is 0.643. The summed E-state index contributed by atoms with van der Waals surface area (Å²) in [7, 11) is 0. The third-order valence-electron chi connectivity index (χ3n) is 3.15. The van der Waals surface area contributed by atoms with Crippen LogP contribution in [0.3, 0.4) is 0 Å². The Balaban J connectivity index is 2.07. The molecular weight excluding hydrogens is 246 g/mol. The number of unbranched alkanes of at least 4 members (excludes halogenated alkanes) is 2. The second-order valence-electron chi connectivity index (χ2n) is 4.65. The van der Waals surface area contributed by atoms with E-state index in [1.807, 2.05) is 0 Å². The SMILES string of the molecule is CCCCCc1cc(=O)cc(N2CCOCC2)s1. The molecule has 0 spiro atoms. The van der Waals surface area contributed by atoms with Gasteiger partial charge in [-0.05, 0) is 18.9 Å². The number of morpholine rings is 1.